The minimum absolute atomic E-state index is 0.306. The first-order chi connectivity index (χ1) is 6.15. The Bertz CT molecular complexity index is 122. The highest BCUT2D eigenvalue weighted by Gasteiger charge is 2.14. The van der Waals surface area contributed by atoms with Gasteiger partial charge in [-0.15, -0.1) is 0 Å². The van der Waals surface area contributed by atoms with Crippen LogP contribution in [0, 0.1) is 0 Å². The van der Waals surface area contributed by atoms with Crippen LogP contribution < -0.4 is 0 Å². The Morgan fingerprint density at radius 2 is 2.08 bits per heavy atom. The molecule has 0 heterocycles. The van der Waals surface area contributed by atoms with Crippen molar-refractivity contribution in [3.05, 3.63) is 0 Å². The third-order valence-electron chi connectivity index (χ3n) is 2.58. The molecule has 2 nitrogen and oxygen atoms in total. The minimum atomic E-state index is 0.306. The van der Waals surface area contributed by atoms with Crippen LogP contribution in [-0.4, -0.2) is 29.8 Å². The molecule has 1 N–H and O–H groups in total. The van der Waals surface area contributed by atoms with Crippen molar-refractivity contribution in [2.45, 2.75) is 51.9 Å². The molecule has 0 fully saturated rings. The summed E-state index contributed by atoms with van der Waals surface area (Å²) < 4.78 is 2.27. The first-order valence-corrected chi connectivity index (χ1v) is 5.79. The van der Waals surface area contributed by atoms with Crippen molar-refractivity contribution in [3.63, 3.8) is 0 Å². The first-order valence-electron chi connectivity index (χ1n) is 5.27. The summed E-state index contributed by atoms with van der Waals surface area (Å²) in [5.41, 5.74) is 0. The van der Waals surface area contributed by atoms with E-state index in [-0.39, 0.29) is 0 Å². The highest BCUT2D eigenvalue weighted by molar-refractivity contribution is 7.13. The van der Waals surface area contributed by atoms with Gasteiger partial charge in [0.2, 0.25) is 0 Å². The van der Waals surface area contributed by atoms with Crippen LogP contribution in [0.4, 0.5) is 0 Å². The molecule has 0 radical (unpaired) electrons. The lowest BCUT2D eigenvalue weighted by molar-refractivity contribution is 0.340. The van der Waals surface area contributed by atoms with E-state index in [2.05, 4.69) is 34.8 Å². The standard InChI is InChI=1S/C9H23BNOP/c1-4-6-8(3)11(13)7-9(5-2)10-12/h8-10,12H,4-7,13H2,1-3H3. The van der Waals surface area contributed by atoms with Gasteiger partial charge in [0.05, 0.1) is 0 Å². The highest BCUT2D eigenvalue weighted by atomic mass is 31.0. The molecule has 3 atom stereocenters. The predicted octanol–water partition coefficient (Wildman–Crippen LogP) is 1.81. The van der Waals surface area contributed by atoms with Crippen molar-refractivity contribution in [2.24, 2.45) is 0 Å². The van der Waals surface area contributed by atoms with E-state index in [0.29, 0.717) is 19.3 Å². The summed E-state index contributed by atoms with van der Waals surface area (Å²) in [4.78, 5) is 0. The van der Waals surface area contributed by atoms with E-state index < -0.39 is 0 Å². The van der Waals surface area contributed by atoms with Crippen LogP contribution in [0.25, 0.3) is 0 Å². The number of nitrogens with zero attached hydrogens (tertiary/aromatic N) is 1. The Labute approximate surface area is 85.6 Å². The Morgan fingerprint density at radius 1 is 1.46 bits per heavy atom. The van der Waals surface area contributed by atoms with Crippen molar-refractivity contribution in [1.29, 1.82) is 0 Å². The molecule has 0 amide bonds. The molecule has 0 aromatic carbocycles. The van der Waals surface area contributed by atoms with Crippen molar-refractivity contribution in [1.82, 2.24) is 4.67 Å². The molecule has 78 valence electrons. The summed E-state index contributed by atoms with van der Waals surface area (Å²) in [6.07, 6.45) is 3.51. The maximum atomic E-state index is 9.05. The summed E-state index contributed by atoms with van der Waals surface area (Å²) in [6.45, 7) is 7.56. The van der Waals surface area contributed by atoms with E-state index in [1.165, 1.54) is 12.8 Å². The van der Waals surface area contributed by atoms with E-state index in [1.54, 1.807) is 0 Å². The fourth-order valence-corrected chi connectivity index (χ4v) is 1.82. The van der Waals surface area contributed by atoms with Crippen molar-refractivity contribution in [2.75, 3.05) is 6.54 Å². The molecular formula is C9H23BNOP. The van der Waals surface area contributed by atoms with E-state index in [0.717, 1.165) is 13.0 Å². The molecule has 0 aromatic heterocycles. The van der Waals surface area contributed by atoms with Gasteiger partial charge >= 0.3 is 0 Å². The van der Waals surface area contributed by atoms with Crippen molar-refractivity contribution in [3.8, 4) is 0 Å². The SMILES string of the molecule is CCCC(C)N(P)CC(BO)CC. The molecule has 0 saturated heterocycles. The van der Waals surface area contributed by atoms with Gasteiger partial charge in [0, 0.05) is 12.6 Å². The summed E-state index contributed by atoms with van der Waals surface area (Å²) >= 11 is 0. The summed E-state index contributed by atoms with van der Waals surface area (Å²) in [5.74, 6) is 0.428. The molecule has 0 aliphatic carbocycles. The van der Waals surface area contributed by atoms with Crippen molar-refractivity contribution < 1.29 is 5.02 Å². The van der Waals surface area contributed by atoms with Crippen LogP contribution >= 0.6 is 9.39 Å². The summed E-state index contributed by atoms with van der Waals surface area (Å²) in [7, 11) is 3.08. The molecule has 0 saturated carbocycles. The number of hydrogen-bond donors (Lipinski definition) is 1. The van der Waals surface area contributed by atoms with Crippen LogP contribution in [0.15, 0.2) is 0 Å². The van der Waals surface area contributed by atoms with Gasteiger partial charge in [0.1, 0.15) is 0 Å². The van der Waals surface area contributed by atoms with Crippen LogP contribution in [0.5, 0.6) is 0 Å². The summed E-state index contributed by atoms with van der Waals surface area (Å²) in [5, 5.41) is 9.05. The number of hydrogen-bond acceptors (Lipinski definition) is 2. The molecule has 4 heteroatoms. The van der Waals surface area contributed by atoms with Crippen molar-refractivity contribution >= 4 is 16.9 Å². The Morgan fingerprint density at radius 3 is 2.46 bits per heavy atom. The predicted molar refractivity (Wildman–Crippen MR) is 64.2 cm³/mol. The molecular weight excluding hydrogens is 180 g/mol. The highest BCUT2D eigenvalue weighted by Crippen LogP contribution is 2.18. The van der Waals surface area contributed by atoms with Crippen LogP contribution in [0.3, 0.4) is 0 Å². The fraction of sp³-hybridized carbons (Fsp3) is 1.00. The van der Waals surface area contributed by atoms with Gasteiger partial charge in [-0.05, 0) is 19.2 Å². The Kier molecular flexibility index (Phi) is 8.03. The second-order valence-corrected chi connectivity index (χ2v) is 4.45. The van der Waals surface area contributed by atoms with E-state index >= 15 is 0 Å². The molecule has 0 aliphatic rings. The third-order valence-corrected chi connectivity index (χ3v) is 3.30. The zero-order chi connectivity index (χ0) is 10.3. The van der Waals surface area contributed by atoms with Crippen LogP contribution in [0.1, 0.15) is 40.0 Å². The van der Waals surface area contributed by atoms with Gasteiger partial charge in [-0.2, -0.15) is 0 Å². The first kappa shape index (κ1) is 13.4. The van der Waals surface area contributed by atoms with E-state index in [9.17, 15) is 0 Å². The zero-order valence-corrected chi connectivity index (χ0v) is 10.3. The normalized spacial score (nSPS) is 15.8. The molecule has 0 rings (SSSR count). The monoisotopic (exact) mass is 203 g/mol. The topological polar surface area (TPSA) is 23.5 Å². The molecule has 0 aromatic rings. The van der Waals surface area contributed by atoms with E-state index in [1.807, 2.05) is 0 Å². The zero-order valence-electron chi connectivity index (χ0n) is 9.16. The smallest absolute Gasteiger partial charge is 0.275 e. The second-order valence-electron chi connectivity index (χ2n) is 3.79. The van der Waals surface area contributed by atoms with Gasteiger partial charge in [0.25, 0.3) is 7.48 Å². The van der Waals surface area contributed by atoms with Crippen LogP contribution in [-0.2, 0) is 0 Å². The lowest BCUT2D eigenvalue weighted by atomic mass is 9.78. The van der Waals surface area contributed by atoms with Crippen LogP contribution in [0.2, 0.25) is 5.82 Å². The van der Waals surface area contributed by atoms with Gasteiger partial charge < -0.3 is 5.02 Å². The van der Waals surface area contributed by atoms with Gasteiger partial charge in [-0.1, -0.05) is 36.1 Å². The maximum Gasteiger partial charge on any atom is 0.275 e. The quantitative estimate of drug-likeness (QED) is 0.503. The molecule has 3 unspecified atom stereocenters. The molecule has 0 bridgehead atoms. The third kappa shape index (κ3) is 5.67. The van der Waals surface area contributed by atoms with Gasteiger partial charge in [-0.3, -0.25) is 4.67 Å². The average Bonchev–Trinajstić information content (AvgIpc) is 2.14. The fourth-order valence-electron chi connectivity index (χ4n) is 1.38. The van der Waals surface area contributed by atoms with E-state index in [4.69, 9.17) is 5.02 Å². The second kappa shape index (κ2) is 7.79. The summed E-state index contributed by atoms with van der Waals surface area (Å²) in [6, 6.07) is 0.607. The maximum absolute atomic E-state index is 9.05. The van der Waals surface area contributed by atoms with Gasteiger partial charge in [-0.25, -0.2) is 0 Å². The number of rotatable bonds is 7. The molecule has 0 spiro atoms. The Hall–Kier alpha value is 0.415. The lowest BCUT2D eigenvalue weighted by Crippen LogP contribution is -2.28. The minimum Gasteiger partial charge on any atom is -0.454 e. The average molecular weight is 203 g/mol. The molecule has 0 aliphatic heterocycles. The Balaban J connectivity index is 3.75. The molecule has 13 heavy (non-hydrogen) atoms. The lowest BCUT2D eigenvalue weighted by Gasteiger charge is -2.27. The van der Waals surface area contributed by atoms with Gasteiger partial charge in [0.15, 0.2) is 0 Å². The largest absolute Gasteiger partial charge is 0.454 e.